The lowest BCUT2D eigenvalue weighted by molar-refractivity contribution is 0.104. The molecule has 0 radical (unpaired) electrons. The molecule has 1 rings (SSSR count). The summed E-state index contributed by atoms with van der Waals surface area (Å²) in [5, 5.41) is 8.41. The molecular weight excluding hydrogens is 171 g/mol. The molecule has 0 fully saturated rings. The monoisotopic (exact) mass is 180 g/mol. The van der Waals surface area contributed by atoms with Crippen LogP contribution >= 0.6 is 0 Å². The first kappa shape index (κ1) is 9.61. The molecule has 1 aromatic rings. The van der Waals surface area contributed by atoms with Crippen LogP contribution in [0.4, 0.5) is 4.39 Å². The Labute approximate surface area is 75.3 Å². The predicted molar refractivity (Wildman–Crippen MR) is 47.0 cm³/mol. The predicted octanol–water partition coefficient (Wildman–Crippen LogP) is 1.56. The Balaban J connectivity index is 2.78. The normalized spacial score (nSPS) is 10.6. The highest BCUT2D eigenvalue weighted by atomic mass is 19.1. The number of halogens is 1. The average molecular weight is 180 g/mol. The number of ketones is 1. The molecular formula is C10H9FO2. The highest BCUT2D eigenvalue weighted by Gasteiger charge is 2.00. The number of carbonyl (C=O) groups is 1. The molecule has 3 heteroatoms. The molecule has 0 aliphatic heterocycles. The Morgan fingerprint density at radius 1 is 1.38 bits per heavy atom. The summed E-state index contributed by atoms with van der Waals surface area (Å²) < 4.78 is 12.4. The smallest absolute Gasteiger partial charge is 0.185 e. The van der Waals surface area contributed by atoms with Gasteiger partial charge < -0.3 is 5.11 Å². The van der Waals surface area contributed by atoms with Gasteiger partial charge in [-0.1, -0.05) is 6.08 Å². The first-order chi connectivity index (χ1) is 6.24. The van der Waals surface area contributed by atoms with Crippen LogP contribution in [-0.4, -0.2) is 17.5 Å². The zero-order valence-electron chi connectivity index (χ0n) is 6.90. The third-order valence-electron chi connectivity index (χ3n) is 1.50. The van der Waals surface area contributed by atoms with E-state index >= 15 is 0 Å². The van der Waals surface area contributed by atoms with Crippen molar-refractivity contribution >= 4 is 5.78 Å². The third-order valence-corrected chi connectivity index (χ3v) is 1.50. The van der Waals surface area contributed by atoms with Crippen LogP contribution < -0.4 is 0 Å². The van der Waals surface area contributed by atoms with Gasteiger partial charge in [-0.3, -0.25) is 4.79 Å². The molecule has 0 saturated heterocycles. The highest BCUT2D eigenvalue weighted by molar-refractivity contribution is 6.04. The van der Waals surface area contributed by atoms with E-state index in [1.165, 1.54) is 36.4 Å². The van der Waals surface area contributed by atoms with Gasteiger partial charge in [0.1, 0.15) is 5.82 Å². The number of benzene rings is 1. The Kier molecular flexibility index (Phi) is 3.34. The summed E-state index contributed by atoms with van der Waals surface area (Å²) in [4.78, 5) is 11.2. The Bertz CT molecular complexity index is 314. The van der Waals surface area contributed by atoms with Crippen molar-refractivity contribution in [3.05, 3.63) is 47.8 Å². The van der Waals surface area contributed by atoms with Crippen molar-refractivity contribution in [1.82, 2.24) is 0 Å². The maximum Gasteiger partial charge on any atom is 0.185 e. The summed E-state index contributed by atoms with van der Waals surface area (Å²) in [7, 11) is 0. The van der Waals surface area contributed by atoms with Crippen molar-refractivity contribution < 1.29 is 14.3 Å². The van der Waals surface area contributed by atoms with E-state index in [1.807, 2.05) is 0 Å². The van der Waals surface area contributed by atoms with E-state index in [-0.39, 0.29) is 18.2 Å². The molecule has 0 atom stereocenters. The summed E-state index contributed by atoms with van der Waals surface area (Å²) in [6.07, 6.45) is 2.60. The molecule has 0 aliphatic carbocycles. The molecule has 0 unspecified atom stereocenters. The van der Waals surface area contributed by atoms with Crippen LogP contribution in [0.15, 0.2) is 36.4 Å². The fourth-order valence-electron chi connectivity index (χ4n) is 0.870. The number of hydrogen-bond donors (Lipinski definition) is 1. The summed E-state index contributed by atoms with van der Waals surface area (Å²) in [5.74, 6) is -0.614. The molecule has 1 N–H and O–H groups in total. The van der Waals surface area contributed by atoms with Crippen molar-refractivity contribution in [3.63, 3.8) is 0 Å². The van der Waals surface area contributed by atoms with Gasteiger partial charge in [0, 0.05) is 5.56 Å². The Morgan fingerprint density at radius 3 is 2.54 bits per heavy atom. The minimum absolute atomic E-state index is 0.174. The quantitative estimate of drug-likeness (QED) is 0.566. The standard InChI is InChI=1S/C10H9FO2/c11-9-5-3-8(4-6-9)10(13)2-1-7-12/h1-6,12H,7H2/b2-1+. The molecule has 0 amide bonds. The van der Waals surface area contributed by atoms with Crippen LogP contribution in [0.25, 0.3) is 0 Å². The molecule has 68 valence electrons. The molecule has 0 heterocycles. The topological polar surface area (TPSA) is 37.3 Å². The zero-order valence-corrected chi connectivity index (χ0v) is 6.90. The summed E-state index contributed by atoms with van der Waals surface area (Å²) >= 11 is 0. The summed E-state index contributed by atoms with van der Waals surface area (Å²) in [6.45, 7) is -0.174. The second-order valence-corrected chi connectivity index (χ2v) is 2.46. The van der Waals surface area contributed by atoms with Gasteiger partial charge in [0.2, 0.25) is 0 Å². The Morgan fingerprint density at radius 2 is 2.00 bits per heavy atom. The summed E-state index contributed by atoms with van der Waals surface area (Å²) in [6, 6.07) is 5.25. The number of hydrogen-bond acceptors (Lipinski definition) is 2. The number of carbonyl (C=O) groups excluding carboxylic acids is 1. The molecule has 0 saturated carbocycles. The lowest BCUT2D eigenvalue weighted by Crippen LogP contribution is -1.94. The van der Waals surface area contributed by atoms with E-state index in [0.717, 1.165) is 0 Å². The third kappa shape index (κ3) is 2.80. The zero-order chi connectivity index (χ0) is 9.68. The lowest BCUT2D eigenvalue weighted by atomic mass is 10.1. The van der Waals surface area contributed by atoms with Crippen molar-refractivity contribution in [2.45, 2.75) is 0 Å². The minimum atomic E-state index is -0.373. The first-order valence-corrected chi connectivity index (χ1v) is 3.81. The van der Waals surface area contributed by atoms with Crippen molar-refractivity contribution in [1.29, 1.82) is 0 Å². The van der Waals surface area contributed by atoms with Crippen LogP contribution in [0.3, 0.4) is 0 Å². The van der Waals surface area contributed by atoms with Crippen LogP contribution in [0.2, 0.25) is 0 Å². The van der Waals surface area contributed by atoms with E-state index in [1.54, 1.807) is 0 Å². The number of allylic oxidation sites excluding steroid dienone is 1. The van der Waals surface area contributed by atoms with Gasteiger partial charge >= 0.3 is 0 Å². The van der Waals surface area contributed by atoms with E-state index in [4.69, 9.17) is 5.11 Å². The van der Waals surface area contributed by atoms with Crippen LogP contribution in [0.1, 0.15) is 10.4 Å². The number of aliphatic hydroxyl groups is 1. The first-order valence-electron chi connectivity index (χ1n) is 3.81. The van der Waals surface area contributed by atoms with E-state index in [0.29, 0.717) is 5.56 Å². The fourth-order valence-corrected chi connectivity index (χ4v) is 0.870. The molecule has 13 heavy (non-hydrogen) atoms. The van der Waals surface area contributed by atoms with Gasteiger partial charge in [0.25, 0.3) is 0 Å². The molecule has 2 nitrogen and oxygen atoms in total. The second kappa shape index (κ2) is 4.52. The maximum absolute atomic E-state index is 12.4. The van der Waals surface area contributed by atoms with Crippen LogP contribution in [0.5, 0.6) is 0 Å². The van der Waals surface area contributed by atoms with Crippen LogP contribution in [-0.2, 0) is 0 Å². The van der Waals surface area contributed by atoms with Gasteiger partial charge in [0.05, 0.1) is 6.61 Å². The highest BCUT2D eigenvalue weighted by Crippen LogP contribution is 2.03. The SMILES string of the molecule is O=C(/C=C/CO)c1ccc(F)cc1. The molecule has 0 bridgehead atoms. The van der Waals surface area contributed by atoms with E-state index in [2.05, 4.69) is 0 Å². The largest absolute Gasteiger partial charge is 0.392 e. The van der Waals surface area contributed by atoms with Crippen LogP contribution in [0, 0.1) is 5.82 Å². The van der Waals surface area contributed by atoms with Crippen molar-refractivity contribution in [3.8, 4) is 0 Å². The van der Waals surface area contributed by atoms with Gasteiger partial charge in [-0.15, -0.1) is 0 Å². The molecule has 0 aliphatic rings. The maximum atomic E-state index is 12.4. The van der Waals surface area contributed by atoms with E-state index in [9.17, 15) is 9.18 Å². The second-order valence-electron chi connectivity index (χ2n) is 2.46. The fraction of sp³-hybridized carbons (Fsp3) is 0.100. The van der Waals surface area contributed by atoms with Gasteiger partial charge in [-0.25, -0.2) is 4.39 Å². The van der Waals surface area contributed by atoms with Crippen molar-refractivity contribution in [2.75, 3.05) is 6.61 Å². The van der Waals surface area contributed by atoms with Gasteiger partial charge in [0.15, 0.2) is 5.78 Å². The summed E-state index contributed by atoms with van der Waals surface area (Å²) in [5.41, 5.74) is 0.408. The Hall–Kier alpha value is -1.48. The van der Waals surface area contributed by atoms with Gasteiger partial charge in [-0.05, 0) is 30.3 Å². The number of aliphatic hydroxyl groups excluding tert-OH is 1. The minimum Gasteiger partial charge on any atom is -0.392 e. The molecule has 0 spiro atoms. The molecule has 0 aromatic heterocycles. The molecule has 1 aromatic carbocycles. The lowest BCUT2D eigenvalue weighted by Gasteiger charge is -1.94. The number of rotatable bonds is 3. The average Bonchev–Trinajstić information content (AvgIpc) is 2.15. The van der Waals surface area contributed by atoms with Gasteiger partial charge in [-0.2, -0.15) is 0 Å². The van der Waals surface area contributed by atoms with Crippen molar-refractivity contribution in [2.24, 2.45) is 0 Å². The van der Waals surface area contributed by atoms with E-state index < -0.39 is 0 Å².